The van der Waals surface area contributed by atoms with E-state index < -0.39 is 0 Å². The highest BCUT2D eigenvalue weighted by atomic mass is 35.5. The molecule has 0 atom stereocenters. The summed E-state index contributed by atoms with van der Waals surface area (Å²) in [5.41, 5.74) is 6.99. The van der Waals surface area contributed by atoms with E-state index in [0.717, 1.165) is 5.52 Å². The number of rotatable bonds is 0. The van der Waals surface area contributed by atoms with Crippen molar-refractivity contribution in [3.05, 3.63) is 17.5 Å². The number of aromatic nitrogens is 3. The Hall–Kier alpha value is -1.29. The Morgan fingerprint density at radius 3 is 3.18 bits per heavy atom. The van der Waals surface area contributed by atoms with E-state index in [4.69, 9.17) is 17.3 Å². The molecule has 0 aliphatic carbocycles. The summed E-state index contributed by atoms with van der Waals surface area (Å²) in [6, 6.07) is 1.68. The third kappa shape index (κ3) is 0.914. The lowest BCUT2D eigenvalue weighted by atomic mass is 10.4. The van der Waals surface area contributed by atoms with Crippen molar-refractivity contribution in [2.45, 2.75) is 0 Å². The maximum Gasteiger partial charge on any atom is 0.153 e. The van der Waals surface area contributed by atoms with Gasteiger partial charge in [-0.1, -0.05) is 11.6 Å². The van der Waals surface area contributed by atoms with Gasteiger partial charge in [-0.15, -0.1) is 0 Å². The van der Waals surface area contributed by atoms with Gasteiger partial charge in [0, 0.05) is 6.07 Å². The first-order chi connectivity index (χ1) is 5.27. The van der Waals surface area contributed by atoms with Crippen LogP contribution < -0.4 is 5.73 Å². The molecule has 0 amide bonds. The number of nitrogen functional groups attached to an aromatic ring is 1. The highest BCUT2D eigenvalue weighted by Gasteiger charge is 2.02. The molecular formula is C6H5ClN4. The number of anilines is 1. The molecule has 0 radical (unpaired) electrons. The van der Waals surface area contributed by atoms with Crippen molar-refractivity contribution in [1.29, 1.82) is 0 Å². The standard InChI is InChI=1S/C6H5ClN4/c7-4-1-3-5(6(8)11-4)10-2-9-3/h1-2H,(H2,8,11)(H,9,10). The molecule has 5 heteroatoms. The fraction of sp³-hybridized carbons (Fsp3) is 0. The van der Waals surface area contributed by atoms with E-state index >= 15 is 0 Å². The highest BCUT2D eigenvalue weighted by Crippen LogP contribution is 2.18. The molecule has 2 rings (SSSR count). The number of aromatic amines is 1. The minimum Gasteiger partial charge on any atom is -0.382 e. The maximum atomic E-state index is 5.64. The number of pyridine rings is 1. The normalized spacial score (nSPS) is 10.6. The van der Waals surface area contributed by atoms with E-state index in [-0.39, 0.29) is 0 Å². The molecule has 2 heterocycles. The van der Waals surface area contributed by atoms with Gasteiger partial charge in [0.05, 0.1) is 11.8 Å². The first kappa shape index (κ1) is 6.42. The Morgan fingerprint density at radius 1 is 1.55 bits per heavy atom. The lowest BCUT2D eigenvalue weighted by molar-refractivity contribution is 1.33. The summed E-state index contributed by atoms with van der Waals surface area (Å²) >= 11 is 5.64. The fourth-order valence-electron chi connectivity index (χ4n) is 0.938. The van der Waals surface area contributed by atoms with E-state index in [0.29, 0.717) is 16.5 Å². The second kappa shape index (κ2) is 2.10. The Morgan fingerprint density at radius 2 is 2.36 bits per heavy atom. The second-order valence-electron chi connectivity index (χ2n) is 2.13. The maximum absolute atomic E-state index is 5.64. The zero-order valence-corrected chi connectivity index (χ0v) is 6.26. The molecule has 56 valence electrons. The number of nitrogens with one attached hydrogen (secondary N) is 1. The molecule has 0 unspecified atom stereocenters. The summed E-state index contributed by atoms with van der Waals surface area (Å²) < 4.78 is 0. The Kier molecular flexibility index (Phi) is 1.22. The van der Waals surface area contributed by atoms with Crippen LogP contribution in [-0.2, 0) is 0 Å². The molecule has 11 heavy (non-hydrogen) atoms. The van der Waals surface area contributed by atoms with Crippen molar-refractivity contribution in [1.82, 2.24) is 15.0 Å². The molecule has 0 spiro atoms. The zero-order chi connectivity index (χ0) is 7.84. The number of imidazole rings is 1. The molecule has 2 aromatic rings. The predicted molar refractivity (Wildman–Crippen MR) is 43.3 cm³/mol. The summed E-state index contributed by atoms with van der Waals surface area (Å²) in [6.07, 6.45) is 1.55. The average Bonchev–Trinajstić information content (AvgIpc) is 2.34. The van der Waals surface area contributed by atoms with Crippen LogP contribution in [0.5, 0.6) is 0 Å². The highest BCUT2D eigenvalue weighted by molar-refractivity contribution is 6.30. The minimum absolute atomic E-state index is 0.355. The quantitative estimate of drug-likeness (QED) is 0.581. The van der Waals surface area contributed by atoms with Crippen LogP contribution >= 0.6 is 11.6 Å². The van der Waals surface area contributed by atoms with Gasteiger partial charge in [-0.3, -0.25) is 0 Å². The Labute approximate surface area is 67.4 Å². The Balaban J connectivity index is 2.91. The molecule has 0 aromatic carbocycles. The number of H-pyrrole nitrogens is 1. The molecule has 0 aliphatic heterocycles. The number of nitrogens with two attached hydrogens (primary N) is 1. The molecule has 0 bridgehead atoms. The topological polar surface area (TPSA) is 67.6 Å². The van der Waals surface area contributed by atoms with Gasteiger partial charge in [-0.05, 0) is 0 Å². The Bertz CT molecular complexity index is 394. The summed E-state index contributed by atoms with van der Waals surface area (Å²) in [5.74, 6) is 0.355. The lowest BCUT2D eigenvalue weighted by Crippen LogP contribution is -1.91. The molecule has 3 N–H and O–H groups in total. The van der Waals surface area contributed by atoms with Gasteiger partial charge in [0.25, 0.3) is 0 Å². The first-order valence-electron chi connectivity index (χ1n) is 3.02. The molecule has 0 saturated heterocycles. The van der Waals surface area contributed by atoms with Gasteiger partial charge in [0.1, 0.15) is 10.7 Å². The van der Waals surface area contributed by atoms with Crippen LogP contribution in [0.15, 0.2) is 12.4 Å². The van der Waals surface area contributed by atoms with E-state index in [1.807, 2.05) is 0 Å². The van der Waals surface area contributed by atoms with Crippen LogP contribution in [0.4, 0.5) is 5.82 Å². The molecule has 0 aliphatic rings. The van der Waals surface area contributed by atoms with Crippen molar-refractivity contribution in [3.8, 4) is 0 Å². The van der Waals surface area contributed by atoms with Gasteiger partial charge < -0.3 is 10.7 Å². The largest absolute Gasteiger partial charge is 0.382 e. The smallest absolute Gasteiger partial charge is 0.153 e. The summed E-state index contributed by atoms with van der Waals surface area (Å²) in [5, 5.41) is 0.374. The number of hydrogen-bond acceptors (Lipinski definition) is 3. The monoisotopic (exact) mass is 168 g/mol. The third-order valence-corrected chi connectivity index (χ3v) is 1.60. The van der Waals surface area contributed by atoms with Gasteiger partial charge in [0.2, 0.25) is 0 Å². The van der Waals surface area contributed by atoms with Crippen molar-refractivity contribution in [2.24, 2.45) is 0 Å². The van der Waals surface area contributed by atoms with Crippen LogP contribution in [0.25, 0.3) is 11.0 Å². The van der Waals surface area contributed by atoms with E-state index in [9.17, 15) is 0 Å². The van der Waals surface area contributed by atoms with Crippen molar-refractivity contribution >= 4 is 28.5 Å². The van der Waals surface area contributed by atoms with Crippen LogP contribution in [0.1, 0.15) is 0 Å². The van der Waals surface area contributed by atoms with Gasteiger partial charge >= 0.3 is 0 Å². The summed E-state index contributed by atoms with van der Waals surface area (Å²) in [6.45, 7) is 0. The summed E-state index contributed by atoms with van der Waals surface area (Å²) in [4.78, 5) is 10.7. The van der Waals surface area contributed by atoms with Crippen LogP contribution in [-0.4, -0.2) is 15.0 Å². The average molecular weight is 169 g/mol. The van der Waals surface area contributed by atoms with Crippen LogP contribution in [0.2, 0.25) is 5.15 Å². The van der Waals surface area contributed by atoms with Crippen molar-refractivity contribution in [3.63, 3.8) is 0 Å². The predicted octanol–water partition coefficient (Wildman–Crippen LogP) is 1.19. The van der Waals surface area contributed by atoms with Gasteiger partial charge in [-0.25, -0.2) is 9.97 Å². The van der Waals surface area contributed by atoms with E-state index in [1.165, 1.54) is 0 Å². The van der Waals surface area contributed by atoms with Crippen molar-refractivity contribution < 1.29 is 0 Å². The fourth-order valence-corrected chi connectivity index (χ4v) is 1.14. The summed E-state index contributed by atoms with van der Waals surface area (Å²) in [7, 11) is 0. The lowest BCUT2D eigenvalue weighted by Gasteiger charge is -1.93. The van der Waals surface area contributed by atoms with Gasteiger partial charge in [-0.2, -0.15) is 0 Å². The molecule has 4 nitrogen and oxygen atoms in total. The molecule has 0 fully saturated rings. The number of nitrogens with zero attached hydrogens (tertiary/aromatic N) is 2. The number of halogens is 1. The first-order valence-corrected chi connectivity index (χ1v) is 3.40. The van der Waals surface area contributed by atoms with Crippen LogP contribution in [0.3, 0.4) is 0 Å². The second-order valence-corrected chi connectivity index (χ2v) is 2.52. The molecular weight excluding hydrogens is 164 g/mol. The van der Waals surface area contributed by atoms with E-state index in [2.05, 4.69) is 15.0 Å². The zero-order valence-electron chi connectivity index (χ0n) is 5.50. The minimum atomic E-state index is 0.355. The van der Waals surface area contributed by atoms with Crippen molar-refractivity contribution in [2.75, 3.05) is 5.73 Å². The number of hydrogen-bond donors (Lipinski definition) is 2. The van der Waals surface area contributed by atoms with Gasteiger partial charge in [0.15, 0.2) is 5.82 Å². The molecule has 0 saturated carbocycles. The molecule has 2 aromatic heterocycles. The van der Waals surface area contributed by atoms with E-state index in [1.54, 1.807) is 12.4 Å². The van der Waals surface area contributed by atoms with Crippen LogP contribution in [0, 0.1) is 0 Å². The number of fused-ring (bicyclic) bond motifs is 1. The third-order valence-electron chi connectivity index (χ3n) is 1.40. The SMILES string of the molecule is Nc1nc(Cl)cc2[nH]cnc12.